The number of halogens is 2. The second-order valence-corrected chi connectivity index (χ2v) is 6.71. The standard InChI is InChI=1S/C15H22ClFN2/c1-10(2)14-8-18-15(3,4)9-19(14)11-5-6-12(16)13(17)7-11/h5-7,10,14,18H,8-9H2,1-4H3. The van der Waals surface area contributed by atoms with Crippen LogP contribution in [-0.4, -0.2) is 24.7 Å². The van der Waals surface area contributed by atoms with E-state index in [9.17, 15) is 4.39 Å². The lowest BCUT2D eigenvalue weighted by Crippen LogP contribution is -2.63. The summed E-state index contributed by atoms with van der Waals surface area (Å²) in [5.74, 6) is 0.153. The fraction of sp³-hybridized carbons (Fsp3) is 0.600. The van der Waals surface area contributed by atoms with E-state index >= 15 is 0 Å². The van der Waals surface area contributed by atoms with Gasteiger partial charge in [-0.2, -0.15) is 0 Å². The third-order valence-corrected chi connectivity index (χ3v) is 4.07. The SMILES string of the molecule is CC(C)C1CNC(C)(C)CN1c1ccc(Cl)c(F)c1. The van der Waals surface area contributed by atoms with Crippen molar-refractivity contribution in [1.29, 1.82) is 0 Å². The molecule has 1 aromatic carbocycles. The molecule has 1 saturated heterocycles. The van der Waals surface area contributed by atoms with Crippen LogP contribution in [0.1, 0.15) is 27.7 Å². The van der Waals surface area contributed by atoms with Gasteiger partial charge in [0.15, 0.2) is 0 Å². The van der Waals surface area contributed by atoms with E-state index in [1.54, 1.807) is 12.1 Å². The van der Waals surface area contributed by atoms with E-state index in [0.717, 1.165) is 18.8 Å². The number of anilines is 1. The third kappa shape index (κ3) is 3.21. The Bertz CT molecular complexity index is 459. The second-order valence-electron chi connectivity index (χ2n) is 6.30. The molecule has 0 bridgehead atoms. The van der Waals surface area contributed by atoms with Crippen molar-refractivity contribution in [1.82, 2.24) is 5.32 Å². The zero-order chi connectivity index (χ0) is 14.2. The molecule has 0 amide bonds. The van der Waals surface area contributed by atoms with Gasteiger partial charge in [-0.05, 0) is 38.0 Å². The summed E-state index contributed by atoms with van der Waals surface area (Å²) in [7, 11) is 0. The van der Waals surface area contributed by atoms with Crippen LogP contribution in [0.4, 0.5) is 10.1 Å². The van der Waals surface area contributed by atoms with Crippen LogP contribution in [0.2, 0.25) is 5.02 Å². The number of rotatable bonds is 2. The minimum Gasteiger partial charge on any atom is -0.365 e. The van der Waals surface area contributed by atoms with Crippen molar-refractivity contribution in [3.63, 3.8) is 0 Å². The third-order valence-electron chi connectivity index (χ3n) is 3.76. The number of hydrogen-bond donors (Lipinski definition) is 1. The van der Waals surface area contributed by atoms with Gasteiger partial charge >= 0.3 is 0 Å². The lowest BCUT2D eigenvalue weighted by molar-refractivity contribution is 0.277. The average molecular weight is 285 g/mol. The second kappa shape index (κ2) is 5.29. The Morgan fingerprint density at radius 3 is 2.68 bits per heavy atom. The first-order chi connectivity index (χ1) is 8.80. The molecule has 19 heavy (non-hydrogen) atoms. The molecule has 1 unspecified atom stereocenters. The van der Waals surface area contributed by atoms with Gasteiger partial charge in [-0.3, -0.25) is 0 Å². The van der Waals surface area contributed by atoms with Crippen LogP contribution in [0.3, 0.4) is 0 Å². The molecule has 1 aromatic rings. The molecule has 1 atom stereocenters. The Morgan fingerprint density at radius 1 is 1.42 bits per heavy atom. The molecule has 2 nitrogen and oxygen atoms in total. The summed E-state index contributed by atoms with van der Waals surface area (Å²) < 4.78 is 13.7. The van der Waals surface area contributed by atoms with Gasteiger partial charge in [-0.15, -0.1) is 0 Å². The molecule has 0 aliphatic carbocycles. The summed E-state index contributed by atoms with van der Waals surface area (Å²) in [5, 5.41) is 3.73. The van der Waals surface area contributed by atoms with Crippen LogP contribution in [0, 0.1) is 11.7 Å². The zero-order valence-electron chi connectivity index (χ0n) is 12.0. The Kier molecular flexibility index (Phi) is 4.07. The summed E-state index contributed by atoms with van der Waals surface area (Å²) in [6, 6.07) is 5.45. The normalized spacial score (nSPS) is 22.9. The lowest BCUT2D eigenvalue weighted by Gasteiger charge is -2.47. The molecule has 1 N–H and O–H groups in total. The molecule has 0 aromatic heterocycles. The van der Waals surface area contributed by atoms with Gasteiger partial charge in [-0.25, -0.2) is 4.39 Å². The predicted octanol–water partition coefficient (Wildman–Crippen LogP) is 3.69. The van der Waals surface area contributed by atoms with Crippen molar-refractivity contribution >= 4 is 17.3 Å². The fourth-order valence-electron chi connectivity index (χ4n) is 2.63. The van der Waals surface area contributed by atoms with Gasteiger partial charge in [-0.1, -0.05) is 25.4 Å². The van der Waals surface area contributed by atoms with Crippen LogP contribution < -0.4 is 10.2 Å². The maximum absolute atomic E-state index is 13.7. The van der Waals surface area contributed by atoms with Crippen molar-refractivity contribution in [2.24, 2.45) is 5.92 Å². The Labute approximate surface area is 119 Å². The highest BCUT2D eigenvalue weighted by molar-refractivity contribution is 6.30. The van der Waals surface area contributed by atoms with Gasteiger partial charge < -0.3 is 10.2 Å². The van der Waals surface area contributed by atoms with E-state index in [1.807, 2.05) is 6.07 Å². The highest BCUT2D eigenvalue weighted by Crippen LogP contribution is 2.29. The highest BCUT2D eigenvalue weighted by Gasteiger charge is 2.34. The largest absolute Gasteiger partial charge is 0.365 e. The van der Waals surface area contributed by atoms with E-state index in [-0.39, 0.29) is 16.4 Å². The maximum atomic E-state index is 13.7. The first-order valence-corrected chi connectivity index (χ1v) is 7.15. The van der Waals surface area contributed by atoms with Gasteiger partial charge in [0, 0.05) is 30.4 Å². The molecule has 1 aliphatic rings. The summed E-state index contributed by atoms with van der Waals surface area (Å²) >= 11 is 5.77. The van der Waals surface area contributed by atoms with Crippen molar-refractivity contribution in [3.05, 3.63) is 29.0 Å². The molecule has 1 aliphatic heterocycles. The first-order valence-electron chi connectivity index (χ1n) is 6.77. The van der Waals surface area contributed by atoms with Crippen LogP contribution >= 0.6 is 11.6 Å². The Hall–Kier alpha value is -0.800. The molecule has 2 rings (SSSR count). The topological polar surface area (TPSA) is 15.3 Å². The van der Waals surface area contributed by atoms with E-state index in [0.29, 0.717) is 12.0 Å². The van der Waals surface area contributed by atoms with Gasteiger partial charge in [0.25, 0.3) is 0 Å². The van der Waals surface area contributed by atoms with E-state index in [4.69, 9.17) is 11.6 Å². The van der Waals surface area contributed by atoms with Crippen LogP contribution in [0.5, 0.6) is 0 Å². The van der Waals surface area contributed by atoms with Gasteiger partial charge in [0.05, 0.1) is 5.02 Å². The number of hydrogen-bond acceptors (Lipinski definition) is 2. The molecule has 1 fully saturated rings. The fourth-order valence-corrected chi connectivity index (χ4v) is 2.75. The van der Waals surface area contributed by atoms with Crippen molar-refractivity contribution in [2.45, 2.75) is 39.3 Å². The van der Waals surface area contributed by atoms with Gasteiger partial charge in [0.2, 0.25) is 0 Å². The first kappa shape index (κ1) is 14.6. The van der Waals surface area contributed by atoms with Crippen LogP contribution in [0.25, 0.3) is 0 Å². The van der Waals surface area contributed by atoms with E-state index in [1.165, 1.54) is 0 Å². The minimum atomic E-state index is -0.349. The molecular formula is C15H22ClFN2. The number of piperazine rings is 1. The summed E-state index contributed by atoms with van der Waals surface area (Å²) in [6.45, 7) is 10.5. The summed E-state index contributed by atoms with van der Waals surface area (Å²) in [6.07, 6.45) is 0. The minimum absolute atomic E-state index is 0.0293. The molecule has 1 heterocycles. The molecule has 0 radical (unpaired) electrons. The molecule has 4 heteroatoms. The average Bonchev–Trinajstić information content (AvgIpc) is 2.31. The van der Waals surface area contributed by atoms with Crippen LogP contribution in [0.15, 0.2) is 18.2 Å². The van der Waals surface area contributed by atoms with Gasteiger partial charge in [0.1, 0.15) is 5.82 Å². The predicted molar refractivity (Wildman–Crippen MR) is 79.5 cm³/mol. The summed E-state index contributed by atoms with van der Waals surface area (Å²) in [5.41, 5.74) is 0.941. The molecular weight excluding hydrogens is 263 g/mol. The van der Waals surface area contributed by atoms with E-state index in [2.05, 4.69) is 37.9 Å². The monoisotopic (exact) mass is 284 g/mol. The number of benzene rings is 1. The number of nitrogens with zero attached hydrogens (tertiary/aromatic N) is 1. The van der Waals surface area contributed by atoms with E-state index < -0.39 is 0 Å². The van der Waals surface area contributed by atoms with Crippen molar-refractivity contribution in [3.8, 4) is 0 Å². The highest BCUT2D eigenvalue weighted by atomic mass is 35.5. The quantitative estimate of drug-likeness (QED) is 0.891. The Morgan fingerprint density at radius 2 is 2.11 bits per heavy atom. The zero-order valence-corrected chi connectivity index (χ0v) is 12.8. The van der Waals surface area contributed by atoms with Crippen molar-refractivity contribution < 1.29 is 4.39 Å². The summed E-state index contributed by atoms with van der Waals surface area (Å²) in [4.78, 5) is 2.29. The van der Waals surface area contributed by atoms with Crippen molar-refractivity contribution in [2.75, 3.05) is 18.0 Å². The Balaban J connectivity index is 2.33. The lowest BCUT2D eigenvalue weighted by atomic mass is 9.92. The maximum Gasteiger partial charge on any atom is 0.143 e. The number of nitrogens with one attached hydrogen (secondary N) is 1. The molecule has 106 valence electrons. The van der Waals surface area contributed by atoms with Crippen LogP contribution in [-0.2, 0) is 0 Å². The smallest absolute Gasteiger partial charge is 0.143 e. The molecule has 0 saturated carbocycles. The molecule has 0 spiro atoms.